The van der Waals surface area contributed by atoms with Gasteiger partial charge in [-0.2, -0.15) is 0 Å². The number of hydrogen-bond acceptors (Lipinski definition) is 7. The molecular weight excluding hydrogens is 434 g/mol. The first-order chi connectivity index (χ1) is 16.5. The van der Waals surface area contributed by atoms with Crippen molar-refractivity contribution < 1.29 is 23.5 Å². The molecule has 1 N–H and O–H groups in total. The van der Waals surface area contributed by atoms with Crippen molar-refractivity contribution in [2.75, 3.05) is 25.6 Å². The molecule has 0 unspecified atom stereocenters. The molecule has 3 aromatic rings. The van der Waals surface area contributed by atoms with Gasteiger partial charge >= 0.3 is 0 Å². The van der Waals surface area contributed by atoms with Crippen LogP contribution in [0.2, 0.25) is 0 Å². The zero-order valence-electron chi connectivity index (χ0n) is 19.7. The third-order valence-corrected chi connectivity index (χ3v) is 6.50. The molecule has 8 heteroatoms. The fourth-order valence-electron chi connectivity index (χ4n) is 4.58. The summed E-state index contributed by atoms with van der Waals surface area (Å²) in [5, 5.41) is 7.52. The predicted molar refractivity (Wildman–Crippen MR) is 126 cm³/mol. The summed E-state index contributed by atoms with van der Waals surface area (Å²) in [6.07, 6.45) is 1.66. The Labute approximate surface area is 198 Å². The van der Waals surface area contributed by atoms with Crippen molar-refractivity contribution in [2.45, 2.75) is 45.6 Å². The Hall–Kier alpha value is -3.52. The monoisotopic (exact) mass is 463 g/mol. The molecule has 1 aromatic heterocycles. The highest BCUT2D eigenvalue weighted by atomic mass is 16.5. The lowest BCUT2D eigenvalue weighted by Gasteiger charge is -2.39. The molecule has 2 aromatic carbocycles. The van der Waals surface area contributed by atoms with Crippen LogP contribution in [0.1, 0.15) is 51.9 Å². The second kappa shape index (κ2) is 9.38. The maximum Gasteiger partial charge on any atom is 0.257 e. The number of rotatable bonds is 7. The molecule has 2 aliphatic heterocycles. The van der Waals surface area contributed by atoms with Gasteiger partial charge in [-0.25, -0.2) is 0 Å². The van der Waals surface area contributed by atoms with Crippen LogP contribution in [0.3, 0.4) is 0 Å². The molecule has 0 bridgehead atoms. The van der Waals surface area contributed by atoms with E-state index in [-0.39, 0.29) is 18.2 Å². The van der Waals surface area contributed by atoms with E-state index >= 15 is 0 Å². The summed E-state index contributed by atoms with van der Waals surface area (Å²) < 4.78 is 22.8. The first-order valence-corrected chi connectivity index (χ1v) is 11.6. The van der Waals surface area contributed by atoms with Crippen LogP contribution in [0.15, 0.2) is 47.0 Å². The van der Waals surface area contributed by atoms with Crippen LogP contribution in [-0.4, -0.2) is 42.3 Å². The molecule has 8 nitrogen and oxygen atoms in total. The number of nitrogens with zero attached hydrogens (tertiary/aromatic N) is 2. The predicted octanol–water partition coefficient (Wildman–Crippen LogP) is 4.62. The van der Waals surface area contributed by atoms with Gasteiger partial charge in [-0.05, 0) is 56.5 Å². The zero-order chi connectivity index (χ0) is 23.7. The van der Waals surface area contributed by atoms with Gasteiger partial charge < -0.3 is 29.0 Å². The minimum absolute atomic E-state index is 0.00690. The lowest BCUT2D eigenvalue weighted by Crippen LogP contribution is -2.46. The van der Waals surface area contributed by atoms with E-state index in [1.165, 1.54) is 0 Å². The van der Waals surface area contributed by atoms with Crippen molar-refractivity contribution >= 4 is 11.6 Å². The van der Waals surface area contributed by atoms with Crippen LogP contribution in [0.5, 0.6) is 11.5 Å². The Morgan fingerprint density at radius 1 is 1.18 bits per heavy atom. The van der Waals surface area contributed by atoms with Gasteiger partial charge in [0.2, 0.25) is 0 Å². The van der Waals surface area contributed by atoms with Gasteiger partial charge in [-0.15, -0.1) is 0 Å². The van der Waals surface area contributed by atoms with Crippen molar-refractivity contribution in [2.24, 2.45) is 0 Å². The second-order valence-corrected chi connectivity index (χ2v) is 8.69. The molecule has 5 rings (SSSR count). The number of ether oxygens (including phenoxy) is 3. The Morgan fingerprint density at radius 2 is 2.03 bits per heavy atom. The topological polar surface area (TPSA) is 86.1 Å². The Bertz CT molecular complexity index is 1170. The summed E-state index contributed by atoms with van der Waals surface area (Å²) in [6.45, 7) is 5.35. The zero-order valence-corrected chi connectivity index (χ0v) is 19.7. The Morgan fingerprint density at radius 3 is 2.76 bits per heavy atom. The molecule has 0 spiro atoms. The van der Waals surface area contributed by atoms with Crippen molar-refractivity contribution in [1.29, 1.82) is 0 Å². The number of amides is 1. The molecule has 2 aliphatic rings. The van der Waals surface area contributed by atoms with Crippen LogP contribution in [0.4, 0.5) is 5.69 Å². The number of carbonyl (C=O) groups is 1. The molecule has 1 fully saturated rings. The van der Waals surface area contributed by atoms with E-state index in [1.807, 2.05) is 61.2 Å². The number of methoxy groups -OCH3 is 1. The maximum atomic E-state index is 13.5. The summed E-state index contributed by atoms with van der Waals surface area (Å²) in [4.78, 5) is 15.3. The standard InChI is InChI=1S/C26H29N3O5/c1-16-21(17(2)34-28-16)15-33-23-11-10-18(13-24(23)31-3)25-27-22-9-5-4-8-20(22)26(30)29(25)14-19-7-6-12-32-19/h4-5,8-11,13,19,25,27H,6-7,12,14-15H2,1-3H3/t19-,25-/m1/s1. The number of anilines is 1. The van der Waals surface area contributed by atoms with E-state index in [9.17, 15) is 4.79 Å². The molecule has 0 aliphatic carbocycles. The molecule has 2 atom stereocenters. The normalized spacial score (nSPS) is 19.6. The number of aryl methyl sites for hydroxylation is 2. The van der Waals surface area contributed by atoms with Gasteiger partial charge in [0.25, 0.3) is 5.91 Å². The van der Waals surface area contributed by atoms with E-state index in [4.69, 9.17) is 18.7 Å². The number of carbonyl (C=O) groups excluding carboxylic acids is 1. The van der Waals surface area contributed by atoms with Gasteiger partial charge in [0.05, 0.1) is 30.0 Å². The van der Waals surface area contributed by atoms with Crippen LogP contribution < -0.4 is 14.8 Å². The highest BCUT2D eigenvalue weighted by Crippen LogP contribution is 2.38. The van der Waals surface area contributed by atoms with Gasteiger partial charge in [-0.3, -0.25) is 4.79 Å². The number of hydrogen-bond donors (Lipinski definition) is 1. The average molecular weight is 464 g/mol. The largest absolute Gasteiger partial charge is 0.493 e. The molecule has 0 radical (unpaired) electrons. The van der Waals surface area contributed by atoms with Gasteiger partial charge in [-0.1, -0.05) is 23.4 Å². The molecular formula is C26H29N3O5. The van der Waals surface area contributed by atoms with E-state index < -0.39 is 0 Å². The molecule has 3 heterocycles. The number of benzene rings is 2. The van der Waals surface area contributed by atoms with E-state index in [1.54, 1.807) is 7.11 Å². The fourth-order valence-corrected chi connectivity index (χ4v) is 4.58. The Kier molecular flexibility index (Phi) is 6.15. The number of aromatic nitrogens is 1. The maximum absolute atomic E-state index is 13.5. The van der Waals surface area contributed by atoms with Crippen LogP contribution >= 0.6 is 0 Å². The SMILES string of the molecule is COc1cc([C@@H]2Nc3ccccc3C(=O)N2C[C@H]2CCCO2)ccc1OCc1c(C)noc1C. The minimum atomic E-state index is -0.350. The van der Waals surface area contributed by atoms with E-state index in [2.05, 4.69) is 10.5 Å². The summed E-state index contributed by atoms with van der Waals surface area (Å²) in [5.74, 6) is 1.93. The molecule has 1 amide bonds. The number of nitrogens with one attached hydrogen (secondary N) is 1. The first-order valence-electron chi connectivity index (χ1n) is 11.6. The van der Waals surface area contributed by atoms with E-state index in [0.717, 1.165) is 47.7 Å². The summed E-state index contributed by atoms with van der Waals surface area (Å²) in [6, 6.07) is 13.4. The van der Waals surface area contributed by atoms with Gasteiger partial charge in [0.1, 0.15) is 18.5 Å². The van der Waals surface area contributed by atoms with Crippen LogP contribution in [0.25, 0.3) is 0 Å². The minimum Gasteiger partial charge on any atom is -0.493 e. The highest BCUT2D eigenvalue weighted by molar-refractivity contribution is 6.01. The highest BCUT2D eigenvalue weighted by Gasteiger charge is 2.35. The summed E-state index contributed by atoms with van der Waals surface area (Å²) in [5.41, 5.74) is 4.12. The Balaban J connectivity index is 1.43. The van der Waals surface area contributed by atoms with E-state index in [0.29, 0.717) is 30.2 Å². The van der Waals surface area contributed by atoms with Crippen LogP contribution in [-0.2, 0) is 11.3 Å². The molecule has 1 saturated heterocycles. The van der Waals surface area contributed by atoms with Crippen LogP contribution in [0, 0.1) is 13.8 Å². The average Bonchev–Trinajstić information content (AvgIpc) is 3.49. The summed E-state index contributed by atoms with van der Waals surface area (Å²) in [7, 11) is 1.61. The third kappa shape index (κ3) is 4.21. The smallest absolute Gasteiger partial charge is 0.257 e. The third-order valence-electron chi connectivity index (χ3n) is 6.50. The van der Waals surface area contributed by atoms with Crippen molar-refractivity contribution in [3.63, 3.8) is 0 Å². The van der Waals surface area contributed by atoms with Crippen molar-refractivity contribution in [3.8, 4) is 11.5 Å². The molecule has 178 valence electrons. The molecule has 34 heavy (non-hydrogen) atoms. The number of para-hydroxylation sites is 1. The van der Waals surface area contributed by atoms with Crippen molar-refractivity contribution in [1.82, 2.24) is 10.1 Å². The lowest BCUT2D eigenvalue weighted by molar-refractivity contribution is 0.0426. The fraction of sp³-hybridized carbons (Fsp3) is 0.385. The van der Waals surface area contributed by atoms with Gasteiger partial charge in [0, 0.05) is 18.8 Å². The first kappa shape index (κ1) is 22.3. The summed E-state index contributed by atoms with van der Waals surface area (Å²) >= 11 is 0. The van der Waals surface area contributed by atoms with Crippen molar-refractivity contribution in [3.05, 3.63) is 70.6 Å². The number of fused-ring (bicyclic) bond motifs is 1. The van der Waals surface area contributed by atoms with Gasteiger partial charge in [0.15, 0.2) is 11.5 Å². The quantitative estimate of drug-likeness (QED) is 0.547. The lowest BCUT2D eigenvalue weighted by atomic mass is 10.0. The molecule has 0 saturated carbocycles. The second-order valence-electron chi connectivity index (χ2n) is 8.69.